The summed E-state index contributed by atoms with van der Waals surface area (Å²) in [5.41, 5.74) is 4.82. The fraction of sp³-hybridized carbons (Fsp3) is 0.483. The molecule has 1 aliphatic heterocycles. The van der Waals surface area contributed by atoms with Crippen LogP contribution in [0.3, 0.4) is 0 Å². The molecule has 0 bridgehead atoms. The summed E-state index contributed by atoms with van der Waals surface area (Å²) in [6.45, 7) is 2.90. The van der Waals surface area contributed by atoms with Crippen LogP contribution in [0.25, 0.3) is 5.76 Å². The van der Waals surface area contributed by atoms with Gasteiger partial charge in [0.15, 0.2) is 17.3 Å². The zero-order valence-corrected chi connectivity index (χ0v) is 25.1. The van der Waals surface area contributed by atoms with Crippen molar-refractivity contribution in [3.8, 4) is 5.75 Å². The van der Waals surface area contributed by atoms with Crippen molar-refractivity contribution >= 4 is 35.2 Å². The maximum Gasteiger partial charge on any atom is 0.259 e. The van der Waals surface area contributed by atoms with E-state index in [1.54, 1.807) is 4.90 Å². The Hall–Kier alpha value is -4.51. The lowest BCUT2D eigenvalue weighted by Crippen LogP contribution is -2.67. The summed E-state index contributed by atoms with van der Waals surface area (Å²) in [5, 5.41) is 67.4. The molecule has 5 rings (SSSR count). The number of amides is 1. The van der Waals surface area contributed by atoms with E-state index in [0.29, 0.717) is 26.2 Å². The summed E-state index contributed by atoms with van der Waals surface area (Å²) in [6, 6.07) is 2.99. The van der Waals surface area contributed by atoms with Gasteiger partial charge in [-0.25, -0.2) is 0 Å². The van der Waals surface area contributed by atoms with Gasteiger partial charge in [0.2, 0.25) is 11.7 Å². The number of aliphatic hydroxyl groups is 4. The molecule has 16 heteroatoms. The third-order valence-corrected chi connectivity index (χ3v) is 9.37. The largest absolute Gasteiger partial charge is 0.508 e. The number of carbonyl (C=O) groups excluding carboxylic acids is 3. The van der Waals surface area contributed by atoms with E-state index in [1.807, 2.05) is 4.90 Å². The van der Waals surface area contributed by atoms with Gasteiger partial charge in [-0.05, 0) is 39.1 Å². The van der Waals surface area contributed by atoms with E-state index in [1.165, 1.54) is 44.1 Å². The highest BCUT2D eigenvalue weighted by atomic mass is 16.3. The van der Waals surface area contributed by atoms with Gasteiger partial charge in [0, 0.05) is 43.6 Å². The van der Waals surface area contributed by atoms with Crippen LogP contribution in [0.1, 0.15) is 24.5 Å². The van der Waals surface area contributed by atoms with Gasteiger partial charge in [0.25, 0.3) is 5.91 Å². The SMILES string of the molecule is CN(C)[C@@H]1C(=O)C(C(=O)NCN2CCN(C(=N)N=C(N)N)CC2)=C(O)[C@]2(O)C(=O)C3=C(O)c4c(O)cccc4[C@](C)(O)[C@H]3C[C@@H]12. The fourth-order valence-electron chi connectivity index (χ4n) is 7.07. The Morgan fingerprint density at radius 2 is 1.78 bits per heavy atom. The second-order valence-corrected chi connectivity index (χ2v) is 12.2. The Balaban J connectivity index is 1.47. The van der Waals surface area contributed by atoms with E-state index in [4.69, 9.17) is 16.9 Å². The lowest BCUT2D eigenvalue weighted by molar-refractivity contribution is -0.159. The van der Waals surface area contributed by atoms with Gasteiger partial charge in [-0.3, -0.25) is 29.6 Å². The second-order valence-electron chi connectivity index (χ2n) is 12.2. The zero-order valence-electron chi connectivity index (χ0n) is 25.1. The van der Waals surface area contributed by atoms with E-state index < -0.39 is 75.0 Å². The van der Waals surface area contributed by atoms with Crippen molar-refractivity contribution in [1.29, 1.82) is 5.41 Å². The minimum atomic E-state index is -2.80. The molecule has 1 saturated carbocycles. The summed E-state index contributed by atoms with van der Waals surface area (Å²) in [6.07, 6.45) is -0.226. The van der Waals surface area contributed by atoms with Gasteiger partial charge in [0.05, 0.1) is 23.9 Å². The highest BCUT2D eigenvalue weighted by molar-refractivity contribution is 6.25. The molecule has 0 aromatic heterocycles. The first-order valence-electron chi connectivity index (χ1n) is 14.4. The number of rotatable bonds is 4. The maximum atomic E-state index is 14.2. The number of hydrogen-bond donors (Lipinski definition) is 9. The summed E-state index contributed by atoms with van der Waals surface area (Å²) in [4.78, 5) is 50.1. The highest BCUT2D eigenvalue weighted by Gasteiger charge is 2.66. The molecule has 1 amide bonds. The van der Waals surface area contributed by atoms with E-state index in [0.717, 1.165) is 0 Å². The molecule has 5 atom stereocenters. The summed E-state index contributed by atoms with van der Waals surface area (Å²) < 4.78 is 0. The number of piperazine rings is 1. The van der Waals surface area contributed by atoms with Crippen molar-refractivity contribution < 1.29 is 39.9 Å². The van der Waals surface area contributed by atoms with Crippen LogP contribution in [0.2, 0.25) is 0 Å². The average molecular weight is 627 g/mol. The van der Waals surface area contributed by atoms with Crippen LogP contribution in [0, 0.1) is 17.2 Å². The Bertz CT molecular complexity index is 1570. The van der Waals surface area contributed by atoms with Crippen molar-refractivity contribution in [2.75, 3.05) is 46.9 Å². The lowest BCUT2D eigenvalue weighted by Gasteiger charge is -2.53. The standard InChI is InChI=1S/C29H38N8O8/c1-28(44)13-5-4-6-16(38)17(13)21(39)18-14(28)11-15-20(35(2)3)22(40)19(24(42)29(15,45)23(18)41)25(43)33-12-36-7-9-37(10-8-36)27(32)34-26(30)31/h4-6,14-15,20,38-39,42,44-45H,7-12H2,1-3H3,(H,33,43)(H5,30,31,32,34)/t14-,15-,20-,28-,29+/m0/s1. The molecule has 1 saturated heterocycles. The monoisotopic (exact) mass is 626 g/mol. The normalized spacial score (nSPS) is 30.1. The number of hydrogen-bond acceptors (Lipinski definition) is 11. The van der Waals surface area contributed by atoms with Crippen LogP contribution in [-0.4, -0.2) is 128 Å². The molecule has 1 aromatic rings. The molecule has 4 aliphatic rings. The lowest BCUT2D eigenvalue weighted by atomic mass is 9.54. The minimum Gasteiger partial charge on any atom is -0.508 e. The van der Waals surface area contributed by atoms with Crippen molar-refractivity contribution in [2.24, 2.45) is 28.3 Å². The van der Waals surface area contributed by atoms with Crippen molar-refractivity contribution in [3.63, 3.8) is 0 Å². The van der Waals surface area contributed by atoms with E-state index in [9.17, 15) is 39.9 Å². The van der Waals surface area contributed by atoms with Gasteiger partial charge in [-0.2, -0.15) is 4.99 Å². The number of aromatic hydroxyl groups is 1. The Morgan fingerprint density at radius 1 is 1.13 bits per heavy atom. The molecule has 0 unspecified atom stereocenters. The number of nitrogens with zero attached hydrogens (tertiary/aromatic N) is 4. The predicted molar refractivity (Wildman–Crippen MR) is 161 cm³/mol. The molecule has 3 aliphatic carbocycles. The Kier molecular flexibility index (Phi) is 7.89. The van der Waals surface area contributed by atoms with Crippen LogP contribution in [0.15, 0.2) is 40.1 Å². The van der Waals surface area contributed by atoms with Gasteiger partial charge >= 0.3 is 0 Å². The Labute approximate surface area is 258 Å². The van der Waals surface area contributed by atoms with Crippen molar-refractivity contribution in [3.05, 3.63) is 46.2 Å². The highest BCUT2D eigenvalue weighted by Crippen LogP contribution is 2.57. The number of aliphatic hydroxyl groups excluding tert-OH is 2. The number of likely N-dealkylation sites (N-methyl/N-ethyl adjacent to an activating group) is 1. The number of phenolic OH excluding ortho intramolecular Hbond substituents is 1. The molecule has 0 radical (unpaired) electrons. The molecular formula is C29H38N8O8. The van der Waals surface area contributed by atoms with Crippen LogP contribution in [-0.2, 0) is 20.0 Å². The van der Waals surface area contributed by atoms with Crippen LogP contribution < -0.4 is 16.8 Å². The number of phenols is 1. The quantitative estimate of drug-likeness (QED) is 0.100. The third-order valence-electron chi connectivity index (χ3n) is 9.37. The molecule has 1 heterocycles. The molecule has 45 heavy (non-hydrogen) atoms. The number of guanidine groups is 2. The Morgan fingerprint density at radius 3 is 2.38 bits per heavy atom. The zero-order chi connectivity index (χ0) is 33.2. The summed E-state index contributed by atoms with van der Waals surface area (Å²) >= 11 is 0. The number of carbonyl (C=O) groups is 3. The molecule has 242 valence electrons. The van der Waals surface area contributed by atoms with Crippen molar-refractivity contribution in [2.45, 2.75) is 30.6 Å². The molecule has 11 N–H and O–H groups in total. The number of ketones is 2. The summed E-state index contributed by atoms with van der Waals surface area (Å²) in [7, 11) is 3.06. The molecule has 1 aromatic carbocycles. The smallest absolute Gasteiger partial charge is 0.259 e. The van der Waals surface area contributed by atoms with Gasteiger partial charge in [-0.15, -0.1) is 0 Å². The average Bonchev–Trinajstić information content (AvgIpc) is 2.96. The summed E-state index contributed by atoms with van der Waals surface area (Å²) in [5.74, 6) is -7.99. The molecule has 16 nitrogen and oxygen atoms in total. The van der Waals surface area contributed by atoms with Crippen LogP contribution in [0.5, 0.6) is 5.75 Å². The van der Waals surface area contributed by atoms with Crippen LogP contribution in [0.4, 0.5) is 0 Å². The first kappa shape index (κ1) is 31.9. The number of aliphatic imine (C=N–C) groups is 1. The minimum absolute atomic E-state index is 0.0538. The fourth-order valence-corrected chi connectivity index (χ4v) is 7.07. The molecule has 0 spiro atoms. The van der Waals surface area contributed by atoms with Gasteiger partial charge in [0.1, 0.15) is 22.8 Å². The number of Topliss-reactive ketones (excluding diaryl/α,β-unsaturated/α-hetero) is 2. The first-order chi connectivity index (χ1) is 21.0. The predicted octanol–water partition coefficient (Wildman–Crippen LogP) is -1.96. The number of nitrogens with two attached hydrogens (primary N) is 2. The van der Waals surface area contributed by atoms with E-state index in [2.05, 4.69) is 10.3 Å². The first-order valence-corrected chi connectivity index (χ1v) is 14.4. The van der Waals surface area contributed by atoms with E-state index in [-0.39, 0.29) is 36.1 Å². The second kappa shape index (κ2) is 11.1. The van der Waals surface area contributed by atoms with E-state index >= 15 is 0 Å². The topological polar surface area (TPSA) is 262 Å². The van der Waals surface area contributed by atoms with Gasteiger partial charge in [-0.1, -0.05) is 12.1 Å². The third kappa shape index (κ3) is 4.89. The van der Waals surface area contributed by atoms with Crippen molar-refractivity contribution in [1.82, 2.24) is 20.0 Å². The van der Waals surface area contributed by atoms with Gasteiger partial charge < -0.3 is 47.2 Å². The molecular weight excluding hydrogens is 588 g/mol. The maximum absolute atomic E-state index is 14.2. The van der Waals surface area contributed by atoms with Crippen LogP contribution >= 0.6 is 0 Å². The number of benzene rings is 1. The molecule has 2 fully saturated rings. The number of fused-ring (bicyclic) bond motifs is 3. The number of nitrogens with one attached hydrogen (secondary N) is 2.